The SMILES string of the molecule is Cc1oc(-c2ccccc2)nc1CCN(C)c1csc(C(OP2(=O)N[C@@H](C)[C@H](C)N2)P2(=O)N[C@@H](C)[C@H](C)N2)n1. The summed E-state index contributed by atoms with van der Waals surface area (Å²) in [5.74, 6) is 1.09. The number of hydrogen-bond donors (Lipinski definition) is 4. The molecule has 4 N–H and O–H groups in total. The van der Waals surface area contributed by atoms with Crippen LogP contribution >= 0.6 is 26.5 Å². The van der Waals surface area contributed by atoms with Crippen molar-refractivity contribution in [2.75, 3.05) is 18.5 Å². The number of hydrogen-bond acceptors (Lipinski definition) is 8. The molecule has 11 nitrogen and oxygen atoms in total. The Kier molecular flexibility index (Phi) is 8.21. The molecule has 4 heterocycles. The van der Waals surface area contributed by atoms with Gasteiger partial charge in [-0.1, -0.05) is 18.2 Å². The van der Waals surface area contributed by atoms with E-state index in [0.717, 1.165) is 17.0 Å². The molecule has 0 bridgehead atoms. The van der Waals surface area contributed by atoms with E-state index in [4.69, 9.17) is 18.9 Å². The Hall–Kier alpha value is -1.88. The van der Waals surface area contributed by atoms with Crippen LogP contribution in [-0.2, 0) is 20.1 Å². The number of benzene rings is 1. The smallest absolute Gasteiger partial charge is 0.342 e. The summed E-state index contributed by atoms with van der Waals surface area (Å²) >= 11 is 1.34. The summed E-state index contributed by atoms with van der Waals surface area (Å²) in [6.07, 6.45) is 0.668. The zero-order valence-corrected chi connectivity index (χ0v) is 25.6. The highest BCUT2D eigenvalue weighted by molar-refractivity contribution is 7.62. The van der Waals surface area contributed by atoms with E-state index in [9.17, 15) is 9.13 Å². The maximum absolute atomic E-state index is 14.1. The lowest BCUT2D eigenvalue weighted by Gasteiger charge is -2.26. The Morgan fingerprint density at radius 1 is 1.00 bits per heavy atom. The molecular weight excluding hydrogens is 556 g/mol. The third-order valence-electron chi connectivity index (χ3n) is 7.33. The second-order valence-electron chi connectivity index (χ2n) is 10.4. The fraction of sp³-hybridized carbons (Fsp3) is 0.520. The Bertz CT molecular complexity index is 1370. The molecule has 5 atom stereocenters. The predicted molar refractivity (Wildman–Crippen MR) is 155 cm³/mol. The minimum Gasteiger partial charge on any atom is -0.441 e. The van der Waals surface area contributed by atoms with Gasteiger partial charge in [0, 0.05) is 55.1 Å². The topological polar surface area (TPSA) is 134 Å². The second-order valence-corrected chi connectivity index (χ2v) is 15.5. The number of aromatic nitrogens is 2. The molecule has 2 aliphatic heterocycles. The normalized spacial score (nSPS) is 26.6. The van der Waals surface area contributed by atoms with Crippen LogP contribution in [0.5, 0.6) is 0 Å². The monoisotopic (exact) mass is 593 g/mol. The van der Waals surface area contributed by atoms with Gasteiger partial charge in [-0.25, -0.2) is 30.3 Å². The highest BCUT2D eigenvalue weighted by Gasteiger charge is 2.50. The van der Waals surface area contributed by atoms with Gasteiger partial charge in [-0.3, -0.25) is 13.7 Å². The number of rotatable bonds is 9. The van der Waals surface area contributed by atoms with Crippen molar-refractivity contribution in [2.24, 2.45) is 0 Å². The molecule has 0 aliphatic carbocycles. The van der Waals surface area contributed by atoms with Crippen LogP contribution in [0.1, 0.15) is 50.0 Å². The average molecular weight is 594 g/mol. The largest absolute Gasteiger partial charge is 0.441 e. The predicted octanol–water partition coefficient (Wildman–Crippen LogP) is 5.04. The maximum Gasteiger partial charge on any atom is 0.342 e. The quantitative estimate of drug-likeness (QED) is 0.249. The van der Waals surface area contributed by atoms with Crippen LogP contribution in [0.25, 0.3) is 11.5 Å². The Morgan fingerprint density at radius 2 is 1.62 bits per heavy atom. The molecule has 212 valence electrons. The maximum atomic E-state index is 14.1. The van der Waals surface area contributed by atoms with E-state index in [1.165, 1.54) is 11.3 Å². The molecule has 5 rings (SSSR count). The summed E-state index contributed by atoms with van der Waals surface area (Å²) in [4.78, 5) is 11.5. The summed E-state index contributed by atoms with van der Waals surface area (Å²) in [5.41, 5.74) is 1.83. The minimum absolute atomic E-state index is 0.0428. The minimum atomic E-state index is -3.45. The second kappa shape index (κ2) is 11.2. The molecular formula is C25H37N7O4P2S. The van der Waals surface area contributed by atoms with Crippen LogP contribution in [0.3, 0.4) is 0 Å². The summed E-state index contributed by atoms with van der Waals surface area (Å²) in [7, 11) is -4.83. The lowest BCUT2D eigenvalue weighted by Crippen LogP contribution is -2.26. The van der Waals surface area contributed by atoms with Crippen LogP contribution < -0.4 is 25.2 Å². The van der Waals surface area contributed by atoms with Gasteiger partial charge in [0.05, 0.1) is 5.69 Å². The summed E-state index contributed by atoms with van der Waals surface area (Å²) < 4.78 is 39.7. The first-order chi connectivity index (χ1) is 18.5. The van der Waals surface area contributed by atoms with E-state index in [1.54, 1.807) is 0 Å². The molecule has 2 saturated heterocycles. The first kappa shape index (κ1) is 28.6. The molecule has 0 radical (unpaired) electrons. The number of thiazole rings is 1. The molecule has 2 fully saturated rings. The van der Waals surface area contributed by atoms with Crippen molar-refractivity contribution in [3.8, 4) is 11.5 Å². The van der Waals surface area contributed by atoms with E-state index >= 15 is 0 Å². The van der Waals surface area contributed by atoms with Gasteiger partial charge >= 0.3 is 7.67 Å². The molecule has 0 amide bonds. The van der Waals surface area contributed by atoms with Crippen LogP contribution in [0.2, 0.25) is 0 Å². The van der Waals surface area contributed by atoms with Crippen LogP contribution in [0.4, 0.5) is 5.82 Å². The summed E-state index contributed by atoms with van der Waals surface area (Å²) in [6, 6.07) is 9.64. The third-order valence-corrected chi connectivity index (χ3v) is 13.1. The van der Waals surface area contributed by atoms with Gasteiger partial charge < -0.3 is 9.32 Å². The Balaban J connectivity index is 1.33. The number of nitrogens with one attached hydrogen (secondary N) is 4. The summed E-state index contributed by atoms with van der Waals surface area (Å²) in [5, 5.41) is 14.8. The zero-order chi connectivity index (χ0) is 27.9. The number of aryl methyl sites for hydroxylation is 1. The first-order valence-electron chi connectivity index (χ1n) is 13.1. The van der Waals surface area contributed by atoms with Crippen molar-refractivity contribution in [3.63, 3.8) is 0 Å². The standard InChI is InChI=1S/C25H37N7O4P2S/c1-15-16(2)29-37(33,28-15)25(36-38(34)30-17(3)18(4)31-38)24-27-22(14-39-24)32(6)13-12-21-19(5)35-23(26-21)20-10-8-7-9-11-20/h7-11,14-18,25H,12-13H2,1-6H3,(H2,28,29,33)(H2,30,31,34)/t15-,16-,17-,18-,25?/m0/s1. The van der Waals surface area contributed by atoms with E-state index in [0.29, 0.717) is 29.7 Å². The average Bonchev–Trinajstić information content (AvgIpc) is 3.64. The molecule has 0 saturated carbocycles. The lowest BCUT2D eigenvalue weighted by atomic mass is 10.2. The molecule has 1 unspecified atom stereocenters. The number of oxazole rings is 1. The van der Waals surface area contributed by atoms with Crippen molar-refractivity contribution < 1.29 is 18.1 Å². The third kappa shape index (κ3) is 6.09. The lowest BCUT2D eigenvalue weighted by molar-refractivity contribution is 0.265. The van der Waals surface area contributed by atoms with Crippen LogP contribution in [0, 0.1) is 6.92 Å². The van der Waals surface area contributed by atoms with E-state index in [-0.39, 0.29) is 24.2 Å². The van der Waals surface area contributed by atoms with E-state index < -0.39 is 21.0 Å². The van der Waals surface area contributed by atoms with Gasteiger partial charge in [0.15, 0.2) is 5.85 Å². The zero-order valence-electron chi connectivity index (χ0n) is 23.0. The van der Waals surface area contributed by atoms with Gasteiger partial charge in [-0.05, 0) is 46.8 Å². The van der Waals surface area contributed by atoms with Crippen molar-refractivity contribution in [1.29, 1.82) is 0 Å². The summed E-state index contributed by atoms with van der Waals surface area (Å²) in [6.45, 7) is 10.4. The van der Waals surface area contributed by atoms with Crippen molar-refractivity contribution >= 4 is 32.3 Å². The molecule has 39 heavy (non-hydrogen) atoms. The van der Waals surface area contributed by atoms with Crippen molar-refractivity contribution in [3.05, 3.63) is 52.2 Å². The van der Waals surface area contributed by atoms with Crippen molar-refractivity contribution in [2.45, 2.75) is 71.1 Å². The molecule has 2 aliphatic rings. The Labute approximate surface area is 233 Å². The van der Waals surface area contributed by atoms with E-state index in [2.05, 4.69) is 20.3 Å². The highest BCUT2D eigenvalue weighted by atomic mass is 32.1. The number of anilines is 1. The van der Waals surface area contributed by atoms with Gasteiger partial charge in [0.2, 0.25) is 13.3 Å². The number of nitrogens with zero attached hydrogens (tertiary/aromatic N) is 3. The fourth-order valence-electron chi connectivity index (χ4n) is 4.59. The molecule has 1 aromatic carbocycles. The highest BCUT2D eigenvalue weighted by Crippen LogP contribution is 2.63. The van der Waals surface area contributed by atoms with Gasteiger partial charge in [0.1, 0.15) is 16.6 Å². The number of likely N-dealkylation sites (N-methyl/N-ethyl adjacent to an activating group) is 1. The van der Waals surface area contributed by atoms with Crippen LogP contribution in [-0.4, -0.2) is 47.7 Å². The first-order valence-corrected chi connectivity index (χ1v) is 17.4. The van der Waals surface area contributed by atoms with Crippen LogP contribution in [0.15, 0.2) is 40.1 Å². The molecule has 0 spiro atoms. The fourth-order valence-corrected chi connectivity index (χ4v) is 11.5. The molecule has 14 heteroatoms. The Morgan fingerprint density at radius 3 is 2.26 bits per heavy atom. The molecule has 3 aromatic rings. The van der Waals surface area contributed by atoms with Gasteiger partial charge in [0.25, 0.3) is 0 Å². The van der Waals surface area contributed by atoms with Crippen molar-refractivity contribution in [1.82, 2.24) is 30.3 Å². The van der Waals surface area contributed by atoms with Gasteiger partial charge in [-0.2, -0.15) is 0 Å². The van der Waals surface area contributed by atoms with E-state index in [1.807, 2.05) is 82.3 Å². The van der Waals surface area contributed by atoms with Gasteiger partial charge in [-0.15, -0.1) is 11.3 Å². The molecule has 2 aromatic heterocycles.